The second-order valence-electron chi connectivity index (χ2n) is 2.27. The molecule has 1 heteroatoms. The first-order valence-corrected chi connectivity index (χ1v) is 3.45. The van der Waals surface area contributed by atoms with E-state index in [1.807, 2.05) is 19.1 Å². The lowest BCUT2D eigenvalue weighted by molar-refractivity contribution is 1.13. The summed E-state index contributed by atoms with van der Waals surface area (Å²) in [6.45, 7) is 7.77. The lowest BCUT2D eigenvalue weighted by Crippen LogP contribution is -1.83. The van der Waals surface area contributed by atoms with Crippen LogP contribution in [0.1, 0.15) is 20.3 Å². The highest BCUT2D eigenvalue weighted by Gasteiger charge is 1.83. The zero-order chi connectivity index (χ0) is 7.98. The van der Waals surface area contributed by atoms with Gasteiger partial charge in [-0.1, -0.05) is 31.2 Å². The van der Waals surface area contributed by atoms with Crippen LogP contribution in [0.3, 0.4) is 0 Å². The highest BCUT2D eigenvalue weighted by molar-refractivity contribution is 5.24. The maximum atomic E-state index is 5.33. The van der Waals surface area contributed by atoms with Crippen LogP contribution in [0, 0.1) is 0 Å². The van der Waals surface area contributed by atoms with Crippen molar-refractivity contribution in [2.45, 2.75) is 20.3 Å². The van der Waals surface area contributed by atoms with Gasteiger partial charge >= 0.3 is 0 Å². The van der Waals surface area contributed by atoms with E-state index in [4.69, 9.17) is 5.73 Å². The Morgan fingerprint density at radius 1 is 1.50 bits per heavy atom. The molecule has 1 nitrogen and oxygen atoms in total. The fourth-order valence-electron chi connectivity index (χ4n) is 0.541. The largest absolute Gasteiger partial charge is 0.404 e. The van der Waals surface area contributed by atoms with Gasteiger partial charge in [-0.25, -0.2) is 0 Å². The molecule has 0 aliphatic carbocycles. The molecule has 0 aliphatic rings. The van der Waals surface area contributed by atoms with Crippen LogP contribution in [0.4, 0.5) is 0 Å². The van der Waals surface area contributed by atoms with Crippen LogP contribution in [0.5, 0.6) is 0 Å². The normalized spacial score (nSPS) is 12.4. The summed E-state index contributed by atoms with van der Waals surface area (Å²) in [5.74, 6) is 0. The van der Waals surface area contributed by atoms with Crippen molar-refractivity contribution in [3.8, 4) is 0 Å². The molecule has 0 bridgehead atoms. The smallest absolute Gasteiger partial charge is 0.00298 e. The number of allylic oxidation sites excluding steroid dienone is 4. The third-order valence-corrected chi connectivity index (χ3v) is 1.20. The standard InChI is InChI=1S/C9H15N/c1-4-9(7-10)6-5-8(2)3/h5-7H,2,4,10H2,1,3H3/b6-5-,9-7-. The van der Waals surface area contributed by atoms with Crippen LogP contribution in [0.25, 0.3) is 0 Å². The van der Waals surface area contributed by atoms with Gasteiger partial charge in [0, 0.05) is 0 Å². The molecule has 0 aromatic heterocycles. The van der Waals surface area contributed by atoms with Gasteiger partial charge in [0.25, 0.3) is 0 Å². The second-order valence-corrected chi connectivity index (χ2v) is 2.27. The Hall–Kier alpha value is -0.980. The van der Waals surface area contributed by atoms with E-state index in [9.17, 15) is 0 Å². The predicted molar refractivity (Wildman–Crippen MR) is 46.5 cm³/mol. The average Bonchev–Trinajstić information content (AvgIpc) is 1.90. The summed E-state index contributed by atoms with van der Waals surface area (Å²) < 4.78 is 0. The SMILES string of the molecule is C=C(C)/C=C\C(=C/N)CC. The van der Waals surface area contributed by atoms with Crippen molar-refractivity contribution >= 4 is 0 Å². The topological polar surface area (TPSA) is 26.0 Å². The molecule has 56 valence electrons. The third-order valence-electron chi connectivity index (χ3n) is 1.20. The molecule has 0 aromatic rings. The molecule has 0 rings (SSSR count). The van der Waals surface area contributed by atoms with Crippen LogP contribution < -0.4 is 5.73 Å². The highest BCUT2D eigenvalue weighted by atomic mass is 14.5. The van der Waals surface area contributed by atoms with Crippen molar-refractivity contribution in [3.05, 3.63) is 36.1 Å². The number of hydrogen-bond acceptors (Lipinski definition) is 1. The van der Waals surface area contributed by atoms with Crippen LogP contribution in [0.15, 0.2) is 36.1 Å². The molecular formula is C9H15N. The van der Waals surface area contributed by atoms with Crippen molar-refractivity contribution < 1.29 is 0 Å². The van der Waals surface area contributed by atoms with Crippen molar-refractivity contribution in [1.29, 1.82) is 0 Å². The van der Waals surface area contributed by atoms with Gasteiger partial charge < -0.3 is 5.73 Å². The quantitative estimate of drug-likeness (QED) is 0.594. The molecule has 0 heterocycles. The van der Waals surface area contributed by atoms with E-state index in [1.165, 1.54) is 0 Å². The lowest BCUT2D eigenvalue weighted by atomic mass is 10.2. The Morgan fingerprint density at radius 3 is 2.40 bits per heavy atom. The first-order valence-electron chi connectivity index (χ1n) is 3.45. The van der Waals surface area contributed by atoms with Crippen LogP contribution >= 0.6 is 0 Å². The van der Waals surface area contributed by atoms with Gasteiger partial charge in [0.1, 0.15) is 0 Å². The Labute approximate surface area is 62.9 Å². The van der Waals surface area contributed by atoms with Gasteiger partial charge in [0.2, 0.25) is 0 Å². The van der Waals surface area contributed by atoms with E-state index in [0.717, 1.165) is 17.6 Å². The fraction of sp³-hybridized carbons (Fsp3) is 0.333. The minimum absolute atomic E-state index is 0.972. The second kappa shape index (κ2) is 4.86. The van der Waals surface area contributed by atoms with Gasteiger partial charge in [0.15, 0.2) is 0 Å². The summed E-state index contributed by atoms with van der Waals surface area (Å²) in [7, 11) is 0. The van der Waals surface area contributed by atoms with Gasteiger partial charge in [-0.3, -0.25) is 0 Å². The van der Waals surface area contributed by atoms with Crippen LogP contribution in [-0.2, 0) is 0 Å². The van der Waals surface area contributed by atoms with Crippen molar-refractivity contribution in [2.24, 2.45) is 5.73 Å². The van der Waals surface area contributed by atoms with Gasteiger partial charge in [0.05, 0.1) is 0 Å². The zero-order valence-electron chi connectivity index (χ0n) is 6.72. The van der Waals surface area contributed by atoms with Crippen molar-refractivity contribution in [2.75, 3.05) is 0 Å². The molecular weight excluding hydrogens is 122 g/mol. The molecule has 0 unspecified atom stereocenters. The van der Waals surface area contributed by atoms with Gasteiger partial charge in [-0.15, -0.1) is 0 Å². The zero-order valence-corrected chi connectivity index (χ0v) is 6.72. The fourth-order valence-corrected chi connectivity index (χ4v) is 0.541. The Kier molecular flexibility index (Phi) is 4.38. The minimum atomic E-state index is 0.972. The molecule has 0 saturated carbocycles. The van der Waals surface area contributed by atoms with E-state index < -0.39 is 0 Å². The molecule has 0 fully saturated rings. The lowest BCUT2D eigenvalue weighted by Gasteiger charge is -1.92. The number of hydrogen-bond donors (Lipinski definition) is 1. The van der Waals surface area contributed by atoms with E-state index in [0.29, 0.717) is 0 Å². The summed E-state index contributed by atoms with van der Waals surface area (Å²) in [6, 6.07) is 0. The summed E-state index contributed by atoms with van der Waals surface area (Å²) in [4.78, 5) is 0. The van der Waals surface area contributed by atoms with E-state index >= 15 is 0 Å². The Balaban J connectivity index is 3.98. The number of nitrogens with two attached hydrogens (primary N) is 1. The maximum Gasteiger partial charge on any atom is -0.00298 e. The Morgan fingerprint density at radius 2 is 2.10 bits per heavy atom. The van der Waals surface area contributed by atoms with Crippen molar-refractivity contribution in [3.63, 3.8) is 0 Å². The molecule has 0 amide bonds. The first kappa shape index (κ1) is 9.02. The monoisotopic (exact) mass is 137 g/mol. The molecule has 0 aromatic carbocycles. The molecule has 0 radical (unpaired) electrons. The summed E-state index contributed by atoms with van der Waals surface area (Å²) in [5, 5.41) is 0. The van der Waals surface area contributed by atoms with Crippen LogP contribution in [0.2, 0.25) is 0 Å². The molecule has 0 aliphatic heterocycles. The van der Waals surface area contributed by atoms with Gasteiger partial charge in [-0.05, 0) is 25.1 Å². The predicted octanol–water partition coefficient (Wildman–Crippen LogP) is 2.37. The minimum Gasteiger partial charge on any atom is -0.404 e. The van der Waals surface area contributed by atoms with E-state index in [1.54, 1.807) is 6.20 Å². The number of rotatable bonds is 3. The molecule has 10 heavy (non-hydrogen) atoms. The molecule has 0 spiro atoms. The first-order chi connectivity index (χ1) is 4.70. The molecule has 0 saturated heterocycles. The average molecular weight is 137 g/mol. The van der Waals surface area contributed by atoms with Gasteiger partial charge in [-0.2, -0.15) is 0 Å². The Bertz CT molecular complexity index is 164. The molecule has 0 atom stereocenters. The summed E-state index contributed by atoms with van der Waals surface area (Å²) >= 11 is 0. The van der Waals surface area contributed by atoms with Crippen LogP contribution in [-0.4, -0.2) is 0 Å². The van der Waals surface area contributed by atoms with Crippen molar-refractivity contribution in [1.82, 2.24) is 0 Å². The maximum absolute atomic E-state index is 5.33. The van der Waals surface area contributed by atoms with E-state index in [-0.39, 0.29) is 0 Å². The summed E-state index contributed by atoms with van der Waals surface area (Å²) in [5.41, 5.74) is 7.52. The summed E-state index contributed by atoms with van der Waals surface area (Å²) in [6.07, 6.45) is 6.55. The third kappa shape index (κ3) is 3.96. The van der Waals surface area contributed by atoms with E-state index in [2.05, 4.69) is 13.5 Å². The highest BCUT2D eigenvalue weighted by Crippen LogP contribution is 2.01. The molecule has 2 N–H and O–H groups in total.